The molecule has 0 heterocycles. The molecule has 0 bridgehead atoms. The smallest absolute Gasteiger partial charge is 0.306 e. The van der Waals surface area contributed by atoms with Gasteiger partial charge in [-0.3, -0.25) is 14.4 Å². The minimum Gasteiger partial charge on any atom is -0.462 e. The van der Waals surface area contributed by atoms with Crippen LogP contribution in [0.15, 0.2) is 122 Å². The van der Waals surface area contributed by atoms with Crippen molar-refractivity contribution in [3.8, 4) is 0 Å². The average molecular weight is 927 g/mol. The van der Waals surface area contributed by atoms with Gasteiger partial charge in [0.05, 0.1) is 0 Å². The van der Waals surface area contributed by atoms with Crippen molar-refractivity contribution in [1.29, 1.82) is 0 Å². The molecule has 378 valence electrons. The second-order valence-electron chi connectivity index (χ2n) is 17.6. The van der Waals surface area contributed by atoms with Crippen LogP contribution >= 0.6 is 0 Å². The second-order valence-corrected chi connectivity index (χ2v) is 17.6. The van der Waals surface area contributed by atoms with Gasteiger partial charge in [0.2, 0.25) is 0 Å². The van der Waals surface area contributed by atoms with Gasteiger partial charge < -0.3 is 14.2 Å². The van der Waals surface area contributed by atoms with Crippen molar-refractivity contribution in [3.63, 3.8) is 0 Å². The number of hydrogen-bond acceptors (Lipinski definition) is 6. The summed E-state index contributed by atoms with van der Waals surface area (Å²) in [7, 11) is 0. The molecule has 67 heavy (non-hydrogen) atoms. The lowest BCUT2D eigenvalue weighted by Crippen LogP contribution is -2.30. The number of rotatable bonds is 47. The number of carbonyl (C=O) groups excluding carboxylic acids is 3. The van der Waals surface area contributed by atoms with Crippen LogP contribution in [0.5, 0.6) is 0 Å². The van der Waals surface area contributed by atoms with Gasteiger partial charge in [0.15, 0.2) is 6.10 Å². The quantitative estimate of drug-likeness (QED) is 0.0199. The van der Waals surface area contributed by atoms with Crippen molar-refractivity contribution in [1.82, 2.24) is 0 Å². The summed E-state index contributed by atoms with van der Waals surface area (Å²) in [6.45, 7) is 6.30. The van der Waals surface area contributed by atoms with Gasteiger partial charge in [-0.2, -0.15) is 0 Å². The van der Waals surface area contributed by atoms with E-state index in [2.05, 4.69) is 81.5 Å². The van der Waals surface area contributed by atoms with Crippen molar-refractivity contribution < 1.29 is 28.6 Å². The molecule has 0 fully saturated rings. The molecule has 0 aliphatic carbocycles. The van der Waals surface area contributed by atoms with E-state index in [1.165, 1.54) is 103 Å². The Morgan fingerprint density at radius 3 is 0.970 bits per heavy atom. The Balaban J connectivity index is 4.52. The van der Waals surface area contributed by atoms with Crippen LogP contribution in [0.1, 0.15) is 226 Å². The van der Waals surface area contributed by atoms with E-state index in [0.29, 0.717) is 19.3 Å². The molecule has 0 saturated carbocycles. The molecule has 0 radical (unpaired) electrons. The highest BCUT2D eigenvalue weighted by Crippen LogP contribution is 2.14. The summed E-state index contributed by atoms with van der Waals surface area (Å²) in [5, 5.41) is 0. The molecule has 0 aromatic carbocycles. The molecule has 0 rings (SSSR count). The molecular formula is C61H98O6. The maximum Gasteiger partial charge on any atom is 0.306 e. The Bertz CT molecular complexity index is 1440. The highest BCUT2D eigenvalue weighted by atomic mass is 16.6. The Morgan fingerprint density at radius 2 is 0.597 bits per heavy atom. The summed E-state index contributed by atoms with van der Waals surface area (Å²) in [5.41, 5.74) is 0. The van der Waals surface area contributed by atoms with Gasteiger partial charge in [0, 0.05) is 19.3 Å². The molecule has 0 amide bonds. The summed E-state index contributed by atoms with van der Waals surface area (Å²) in [6.07, 6.45) is 74.6. The van der Waals surface area contributed by atoms with E-state index in [-0.39, 0.29) is 31.1 Å². The fourth-order valence-corrected chi connectivity index (χ4v) is 7.11. The van der Waals surface area contributed by atoms with Crippen molar-refractivity contribution in [2.45, 2.75) is 232 Å². The Kier molecular flexibility index (Phi) is 51.0. The number of carbonyl (C=O) groups is 3. The first kappa shape index (κ1) is 62.8. The summed E-state index contributed by atoms with van der Waals surface area (Å²) in [4.78, 5) is 38.1. The molecule has 0 aliphatic rings. The van der Waals surface area contributed by atoms with Crippen LogP contribution in [0.4, 0.5) is 0 Å². The van der Waals surface area contributed by atoms with Crippen molar-refractivity contribution in [2.24, 2.45) is 0 Å². The summed E-state index contributed by atoms with van der Waals surface area (Å²) in [6, 6.07) is 0. The third kappa shape index (κ3) is 52.6. The van der Waals surface area contributed by atoms with Gasteiger partial charge >= 0.3 is 17.9 Å². The lowest BCUT2D eigenvalue weighted by atomic mass is 10.1. The highest BCUT2D eigenvalue weighted by molar-refractivity contribution is 5.71. The molecule has 6 heteroatoms. The van der Waals surface area contributed by atoms with Crippen LogP contribution in [-0.2, 0) is 28.6 Å². The van der Waals surface area contributed by atoms with Crippen molar-refractivity contribution in [3.05, 3.63) is 122 Å². The van der Waals surface area contributed by atoms with Crippen molar-refractivity contribution >= 4 is 17.9 Å². The Morgan fingerprint density at radius 1 is 0.313 bits per heavy atom. The second kappa shape index (κ2) is 54.4. The molecule has 0 aliphatic heterocycles. The Hall–Kier alpha value is -4.19. The van der Waals surface area contributed by atoms with Gasteiger partial charge in [-0.15, -0.1) is 0 Å². The fourth-order valence-electron chi connectivity index (χ4n) is 7.11. The molecule has 0 aromatic rings. The molecule has 1 unspecified atom stereocenters. The van der Waals surface area contributed by atoms with E-state index in [1.807, 2.05) is 60.8 Å². The van der Waals surface area contributed by atoms with E-state index in [4.69, 9.17) is 14.2 Å². The van der Waals surface area contributed by atoms with Gasteiger partial charge in [-0.25, -0.2) is 0 Å². The van der Waals surface area contributed by atoms with Gasteiger partial charge in [0.25, 0.3) is 0 Å². The fraction of sp³-hybridized carbons (Fsp3) is 0.623. The Labute approximate surface area is 412 Å². The predicted molar refractivity (Wildman–Crippen MR) is 288 cm³/mol. The van der Waals surface area contributed by atoms with Crippen LogP contribution in [0.3, 0.4) is 0 Å². The summed E-state index contributed by atoms with van der Waals surface area (Å²) in [5.74, 6) is -0.968. The lowest BCUT2D eigenvalue weighted by molar-refractivity contribution is -0.167. The molecular weight excluding hydrogens is 829 g/mol. The van der Waals surface area contributed by atoms with Crippen LogP contribution in [0.2, 0.25) is 0 Å². The standard InChI is InChI=1S/C61H98O6/c1-4-7-10-13-16-19-22-25-28-30-33-36-39-42-45-48-51-54-60(63)66-57-58(56-65-59(62)53-50-47-44-41-38-35-32-27-24-21-18-15-12-9-6-3)67-61(64)55-52-49-46-43-40-37-34-31-29-26-23-20-17-14-11-8-5-2/h7,9-10,12-13,15-16,18-19,21-22,24-26,28-30,33,36,39,58H,4-6,8,11,14,17,20,23,27,31-32,34-35,37-38,40-57H2,1-3H3/b10-7-,12-9-,16-13-,18-15-,22-19-,24-21-,28-25-,29-26-,33-30+,39-36-. The van der Waals surface area contributed by atoms with E-state index >= 15 is 0 Å². The number of unbranched alkanes of at least 4 members (excludes halogenated alkanes) is 23. The van der Waals surface area contributed by atoms with Crippen LogP contribution in [-0.4, -0.2) is 37.2 Å². The number of hydrogen-bond donors (Lipinski definition) is 0. The van der Waals surface area contributed by atoms with Crippen LogP contribution < -0.4 is 0 Å². The normalized spacial score (nSPS) is 13.1. The largest absolute Gasteiger partial charge is 0.462 e. The zero-order valence-corrected chi connectivity index (χ0v) is 43.1. The summed E-state index contributed by atoms with van der Waals surface area (Å²) < 4.78 is 16.8. The number of allylic oxidation sites excluding steroid dienone is 20. The molecule has 6 nitrogen and oxygen atoms in total. The van der Waals surface area contributed by atoms with E-state index in [0.717, 1.165) is 83.5 Å². The monoisotopic (exact) mass is 927 g/mol. The van der Waals surface area contributed by atoms with Crippen molar-refractivity contribution in [2.75, 3.05) is 13.2 Å². The van der Waals surface area contributed by atoms with E-state index < -0.39 is 6.10 Å². The third-order valence-electron chi connectivity index (χ3n) is 11.2. The first-order chi connectivity index (χ1) is 33.0. The highest BCUT2D eigenvalue weighted by Gasteiger charge is 2.19. The molecule has 1 atom stereocenters. The van der Waals surface area contributed by atoms with Crippen LogP contribution in [0.25, 0.3) is 0 Å². The maximum absolute atomic E-state index is 12.8. The number of ether oxygens (including phenoxy) is 3. The molecule has 0 spiro atoms. The SMILES string of the molecule is CC\C=C/C=C\C=C/C=C\C=C\C=C/CCCCCC(=O)OCC(COC(=O)CCCCCCCCC\C=C/C=C\C=C/CC)OC(=O)CCCCCCCCC/C=C\CCCCCCCC. The molecule has 0 aromatic heterocycles. The van der Waals surface area contributed by atoms with Gasteiger partial charge in [-0.05, 0) is 83.5 Å². The maximum atomic E-state index is 12.8. The lowest BCUT2D eigenvalue weighted by Gasteiger charge is -2.18. The van der Waals surface area contributed by atoms with Gasteiger partial charge in [-0.1, -0.05) is 245 Å². The molecule has 0 N–H and O–H groups in total. The number of esters is 3. The first-order valence-electron chi connectivity index (χ1n) is 27.2. The van der Waals surface area contributed by atoms with E-state index in [9.17, 15) is 14.4 Å². The minimum atomic E-state index is -0.808. The zero-order chi connectivity index (χ0) is 48.6. The topological polar surface area (TPSA) is 78.9 Å². The molecule has 0 saturated heterocycles. The first-order valence-corrected chi connectivity index (χ1v) is 27.2. The predicted octanol–water partition coefficient (Wildman–Crippen LogP) is 18.1. The van der Waals surface area contributed by atoms with E-state index in [1.54, 1.807) is 0 Å². The summed E-state index contributed by atoms with van der Waals surface area (Å²) >= 11 is 0. The average Bonchev–Trinajstić information content (AvgIpc) is 3.33. The van der Waals surface area contributed by atoms with Gasteiger partial charge in [0.1, 0.15) is 13.2 Å². The van der Waals surface area contributed by atoms with Crippen LogP contribution in [0, 0.1) is 0 Å². The third-order valence-corrected chi connectivity index (χ3v) is 11.2. The minimum absolute atomic E-state index is 0.104. The zero-order valence-electron chi connectivity index (χ0n) is 43.1.